The van der Waals surface area contributed by atoms with Gasteiger partial charge in [-0.15, -0.1) is 0 Å². The summed E-state index contributed by atoms with van der Waals surface area (Å²) in [6.45, 7) is 0. The Balaban J connectivity index is 0.000000233. The Morgan fingerprint density at radius 3 is 2.61 bits per heavy atom. The van der Waals surface area contributed by atoms with E-state index < -0.39 is 0 Å². The summed E-state index contributed by atoms with van der Waals surface area (Å²) in [4.78, 5) is 12.7. The summed E-state index contributed by atoms with van der Waals surface area (Å²) < 4.78 is 6.89. The zero-order chi connectivity index (χ0) is 19.3. The minimum atomic E-state index is 0.0359. The highest BCUT2D eigenvalue weighted by molar-refractivity contribution is 7.22. The molecule has 0 amide bonds. The Labute approximate surface area is 167 Å². The van der Waals surface area contributed by atoms with Gasteiger partial charge in [0.2, 0.25) is 5.88 Å². The molecule has 0 aliphatic heterocycles. The van der Waals surface area contributed by atoms with E-state index in [0.717, 1.165) is 34.0 Å². The van der Waals surface area contributed by atoms with Crippen LogP contribution in [-0.4, -0.2) is 26.2 Å². The predicted octanol–water partition coefficient (Wildman–Crippen LogP) is 4.93. The van der Waals surface area contributed by atoms with E-state index >= 15 is 0 Å². The summed E-state index contributed by atoms with van der Waals surface area (Å²) in [5.74, 6) is 1.24. The molecule has 5 rings (SSSR count). The predicted molar refractivity (Wildman–Crippen MR) is 113 cm³/mol. The van der Waals surface area contributed by atoms with Crippen LogP contribution in [0.5, 0.6) is 11.6 Å². The fraction of sp³-hybridized carbons (Fsp3) is 0.286. The SMILES string of the molecule is Nc1nc2ccc(Oc3ncnc4ccccc34)cc2s1.OC1CCCCC1. The number of fused-ring (bicyclic) bond motifs is 2. The topological polar surface area (TPSA) is 94.2 Å². The molecule has 6 nitrogen and oxygen atoms in total. The molecule has 4 aromatic rings. The summed E-state index contributed by atoms with van der Waals surface area (Å²) in [7, 11) is 0. The van der Waals surface area contributed by atoms with Crippen molar-refractivity contribution in [2.75, 3.05) is 5.73 Å². The number of nitrogen functional groups attached to an aromatic ring is 1. The lowest BCUT2D eigenvalue weighted by Gasteiger charge is -2.14. The second kappa shape index (κ2) is 8.50. The van der Waals surface area contributed by atoms with Crippen molar-refractivity contribution in [2.24, 2.45) is 0 Å². The highest BCUT2D eigenvalue weighted by Gasteiger charge is 2.08. The van der Waals surface area contributed by atoms with Crippen LogP contribution >= 0.6 is 11.3 Å². The second-order valence-electron chi connectivity index (χ2n) is 6.77. The third-order valence-corrected chi connectivity index (χ3v) is 5.52. The van der Waals surface area contributed by atoms with Crippen molar-refractivity contribution < 1.29 is 9.84 Å². The number of ether oxygens (including phenoxy) is 1. The summed E-state index contributed by atoms with van der Waals surface area (Å²) in [5, 5.41) is 10.3. The number of para-hydroxylation sites is 1. The zero-order valence-corrected chi connectivity index (χ0v) is 16.2. The Morgan fingerprint density at radius 2 is 1.82 bits per heavy atom. The second-order valence-corrected chi connectivity index (χ2v) is 7.83. The molecule has 1 fully saturated rings. The van der Waals surface area contributed by atoms with E-state index in [-0.39, 0.29) is 6.10 Å². The van der Waals surface area contributed by atoms with Crippen LogP contribution in [0.15, 0.2) is 48.8 Å². The van der Waals surface area contributed by atoms with Crippen LogP contribution in [0.1, 0.15) is 32.1 Å². The molecule has 2 heterocycles. The van der Waals surface area contributed by atoms with Crippen molar-refractivity contribution in [2.45, 2.75) is 38.2 Å². The quantitative estimate of drug-likeness (QED) is 0.501. The Hall–Kier alpha value is -2.77. The van der Waals surface area contributed by atoms with Crippen molar-refractivity contribution in [1.29, 1.82) is 0 Å². The molecule has 7 heteroatoms. The maximum absolute atomic E-state index is 8.91. The molecule has 0 bridgehead atoms. The first kappa shape index (κ1) is 18.6. The fourth-order valence-corrected chi connectivity index (χ4v) is 4.00. The van der Waals surface area contributed by atoms with E-state index in [4.69, 9.17) is 15.6 Å². The summed E-state index contributed by atoms with van der Waals surface area (Å²) in [6, 6.07) is 13.4. The molecule has 3 N–H and O–H groups in total. The van der Waals surface area contributed by atoms with Crippen LogP contribution in [0.2, 0.25) is 0 Å². The number of benzene rings is 2. The van der Waals surface area contributed by atoms with Gasteiger partial charge >= 0.3 is 0 Å². The van der Waals surface area contributed by atoms with Gasteiger partial charge in [0.1, 0.15) is 12.1 Å². The average molecular weight is 395 g/mol. The molecular formula is C21H22N4O2S. The normalized spacial score (nSPS) is 14.6. The van der Waals surface area contributed by atoms with Crippen LogP contribution in [0.4, 0.5) is 5.13 Å². The molecule has 0 saturated heterocycles. The smallest absolute Gasteiger partial charge is 0.230 e. The third kappa shape index (κ3) is 4.37. The number of aromatic nitrogens is 3. The van der Waals surface area contributed by atoms with Gasteiger partial charge in [0, 0.05) is 6.07 Å². The first-order valence-corrected chi connectivity index (χ1v) is 10.2. The molecule has 1 saturated carbocycles. The summed E-state index contributed by atoms with van der Waals surface area (Å²) in [6.07, 6.45) is 7.43. The molecule has 0 atom stereocenters. The standard InChI is InChI=1S/C15H10N4OS.C6H12O/c16-15-19-12-6-5-9(7-13(12)21-15)20-14-10-3-1-2-4-11(10)17-8-18-14;7-6-4-2-1-3-5-6/h1-8H,(H2,16,19);6-7H,1-5H2. The molecule has 144 valence electrons. The van der Waals surface area contributed by atoms with Crippen LogP contribution in [-0.2, 0) is 0 Å². The van der Waals surface area contributed by atoms with Gasteiger partial charge in [-0.1, -0.05) is 42.7 Å². The number of hydrogen-bond acceptors (Lipinski definition) is 7. The van der Waals surface area contributed by atoms with Crippen molar-refractivity contribution >= 4 is 37.6 Å². The van der Waals surface area contributed by atoms with E-state index in [1.54, 1.807) is 0 Å². The maximum Gasteiger partial charge on any atom is 0.230 e. The van der Waals surface area contributed by atoms with Crippen molar-refractivity contribution in [1.82, 2.24) is 15.0 Å². The molecule has 0 unspecified atom stereocenters. The molecule has 2 aromatic heterocycles. The Bertz CT molecular complexity index is 1070. The number of hydrogen-bond donors (Lipinski definition) is 2. The lowest BCUT2D eigenvalue weighted by atomic mass is 9.98. The van der Waals surface area contributed by atoms with E-state index in [1.807, 2.05) is 42.5 Å². The van der Waals surface area contributed by atoms with Gasteiger partial charge in [0.25, 0.3) is 0 Å². The number of aliphatic hydroxyl groups excluding tert-OH is 1. The van der Waals surface area contributed by atoms with Crippen LogP contribution < -0.4 is 10.5 Å². The summed E-state index contributed by atoms with van der Waals surface area (Å²) in [5.41, 5.74) is 7.44. The minimum Gasteiger partial charge on any atom is -0.438 e. The molecule has 1 aliphatic rings. The molecule has 0 spiro atoms. The largest absolute Gasteiger partial charge is 0.438 e. The Morgan fingerprint density at radius 1 is 1.00 bits per heavy atom. The van der Waals surface area contributed by atoms with Gasteiger partial charge in [-0.25, -0.2) is 15.0 Å². The van der Waals surface area contributed by atoms with Gasteiger partial charge in [-0.2, -0.15) is 0 Å². The number of aliphatic hydroxyl groups is 1. The minimum absolute atomic E-state index is 0.0359. The average Bonchev–Trinajstić information content (AvgIpc) is 3.09. The van der Waals surface area contributed by atoms with E-state index in [2.05, 4.69) is 15.0 Å². The van der Waals surface area contributed by atoms with E-state index in [0.29, 0.717) is 16.8 Å². The van der Waals surface area contributed by atoms with Crippen molar-refractivity contribution in [3.05, 3.63) is 48.8 Å². The lowest BCUT2D eigenvalue weighted by Crippen LogP contribution is -2.09. The van der Waals surface area contributed by atoms with Crippen molar-refractivity contribution in [3.8, 4) is 11.6 Å². The fourth-order valence-electron chi connectivity index (χ4n) is 3.24. The van der Waals surface area contributed by atoms with Gasteiger partial charge < -0.3 is 15.6 Å². The highest BCUT2D eigenvalue weighted by Crippen LogP contribution is 2.31. The van der Waals surface area contributed by atoms with Crippen LogP contribution in [0.25, 0.3) is 21.1 Å². The first-order valence-electron chi connectivity index (χ1n) is 9.41. The van der Waals surface area contributed by atoms with Gasteiger partial charge in [0.05, 0.1) is 27.2 Å². The number of anilines is 1. The number of nitrogens with two attached hydrogens (primary N) is 1. The first-order chi connectivity index (χ1) is 13.7. The zero-order valence-electron chi connectivity index (χ0n) is 15.4. The molecule has 0 radical (unpaired) electrons. The van der Waals surface area contributed by atoms with Crippen LogP contribution in [0.3, 0.4) is 0 Å². The van der Waals surface area contributed by atoms with Gasteiger partial charge in [0.15, 0.2) is 5.13 Å². The van der Waals surface area contributed by atoms with Gasteiger partial charge in [-0.3, -0.25) is 0 Å². The third-order valence-electron chi connectivity index (χ3n) is 4.67. The summed E-state index contributed by atoms with van der Waals surface area (Å²) >= 11 is 1.43. The number of thiazole rings is 1. The number of nitrogens with zero attached hydrogens (tertiary/aromatic N) is 3. The molecule has 2 aromatic carbocycles. The molecular weight excluding hydrogens is 372 g/mol. The van der Waals surface area contributed by atoms with E-state index in [1.165, 1.54) is 36.9 Å². The molecule has 28 heavy (non-hydrogen) atoms. The van der Waals surface area contributed by atoms with E-state index in [9.17, 15) is 0 Å². The monoisotopic (exact) mass is 394 g/mol. The Kier molecular flexibility index (Phi) is 5.64. The van der Waals surface area contributed by atoms with Crippen LogP contribution in [0, 0.1) is 0 Å². The highest BCUT2D eigenvalue weighted by atomic mass is 32.1. The van der Waals surface area contributed by atoms with Crippen molar-refractivity contribution in [3.63, 3.8) is 0 Å². The number of rotatable bonds is 2. The maximum atomic E-state index is 8.91. The van der Waals surface area contributed by atoms with Gasteiger partial charge in [-0.05, 0) is 37.1 Å². The lowest BCUT2D eigenvalue weighted by molar-refractivity contribution is 0.130. The molecule has 1 aliphatic carbocycles.